The van der Waals surface area contributed by atoms with Crippen molar-refractivity contribution in [2.45, 2.75) is 12.5 Å². The van der Waals surface area contributed by atoms with Crippen molar-refractivity contribution < 1.29 is 21.6 Å². The number of carbonyl (C=O) groups is 1. The van der Waals surface area contributed by atoms with Crippen molar-refractivity contribution >= 4 is 43.1 Å². The summed E-state index contributed by atoms with van der Waals surface area (Å²) in [6.07, 6.45) is 1.16. The highest BCUT2D eigenvalue weighted by atomic mass is 35.5. The Bertz CT molecular complexity index is 807. The molecule has 1 atom stereocenters. The normalized spacial score (nSPS) is 20.6. The van der Waals surface area contributed by atoms with Gasteiger partial charge in [-0.15, -0.1) is 0 Å². The Balaban J connectivity index is 2.11. The van der Waals surface area contributed by atoms with Crippen LogP contribution < -0.4 is 5.32 Å². The molecular formula is C13H17ClN2O5S2. The average molecular weight is 381 g/mol. The van der Waals surface area contributed by atoms with Gasteiger partial charge < -0.3 is 5.32 Å². The minimum Gasteiger partial charge on any atom is -0.325 e. The molecule has 1 aromatic rings. The van der Waals surface area contributed by atoms with E-state index < -0.39 is 38.4 Å². The largest absolute Gasteiger partial charge is 0.325 e. The number of sulfonamides is 1. The van der Waals surface area contributed by atoms with E-state index in [0.717, 1.165) is 10.6 Å². The van der Waals surface area contributed by atoms with Gasteiger partial charge in [-0.1, -0.05) is 17.7 Å². The summed E-state index contributed by atoms with van der Waals surface area (Å²) in [5.74, 6) is -0.883. The van der Waals surface area contributed by atoms with E-state index in [1.807, 2.05) is 0 Å². The molecule has 2 rings (SSSR count). The van der Waals surface area contributed by atoms with E-state index in [1.165, 1.54) is 6.07 Å². The van der Waals surface area contributed by atoms with E-state index in [-0.39, 0.29) is 17.9 Å². The molecule has 0 radical (unpaired) electrons. The summed E-state index contributed by atoms with van der Waals surface area (Å²) < 4.78 is 47.8. The Morgan fingerprint density at radius 2 is 2.13 bits per heavy atom. The molecule has 1 aliphatic rings. The number of halogens is 1. The maximum atomic E-state index is 12.1. The van der Waals surface area contributed by atoms with Crippen molar-refractivity contribution in [1.29, 1.82) is 0 Å². The second-order valence-corrected chi connectivity index (χ2v) is 10.0. The van der Waals surface area contributed by atoms with Crippen molar-refractivity contribution in [3.8, 4) is 0 Å². The first kappa shape index (κ1) is 18.2. The van der Waals surface area contributed by atoms with E-state index in [2.05, 4.69) is 5.32 Å². The number of nitrogens with one attached hydrogen (secondary N) is 1. The Hall–Kier alpha value is -1.16. The van der Waals surface area contributed by atoms with Gasteiger partial charge in [-0.05, 0) is 24.6 Å². The van der Waals surface area contributed by atoms with E-state index in [0.29, 0.717) is 10.7 Å². The maximum absolute atomic E-state index is 12.1. The number of rotatable bonds is 5. The lowest BCUT2D eigenvalue weighted by molar-refractivity contribution is -0.116. The van der Waals surface area contributed by atoms with Crippen molar-refractivity contribution in [1.82, 2.24) is 4.31 Å². The Labute approximate surface area is 140 Å². The second kappa shape index (κ2) is 6.76. The number of anilines is 1. The zero-order valence-electron chi connectivity index (χ0n) is 12.4. The molecule has 7 nitrogen and oxygen atoms in total. The molecule has 23 heavy (non-hydrogen) atoms. The number of benzene rings is 1. The summed E-state index contributed by atoms with van der Waals surface area (Å²) in [6, 6.07) is 5.73. The molecule has 1 aliphatic heterocycles. The summed E-state index contributed by atoms with van der Waals surface area (Å²) >= 11 is 5.82. The molecule has 1 saturated heterocycles. The van der Waals surface area contributed by atoms with E-state index in [9.17, 15) is 21.6 Å². The van der Waals surface area contributed by atoms with Crippen LogP contribution in [0.1, 0.15) is 6.42 Å². The fourth-order valence-electron chi connectivity index (χ4n) is 2.43. The molecule has 0 spiro atoms. The molecule has 1 aromatic carbocycles. The molecule has 10 heteroatoms. The zero-order valence-corrected chi connectivity index (χ0v) is 14.8. The van der Waals surface area contributed by atoms with Crippen LogP contribution in [-0.2, 0) is 24.7 Å². The van der Waals surface area contributed by atoms with Gasteiger partial charge in [0.15, 0.2) is 9.84 Å². The van der Waals surface area contributed by atoms with Gasteiger partial charge in [0.2, 0.25) is 15.9 Å². The predicted octanol–water partition coefficient (Wildman–Crippen LogP) is 0.727. The van der Waals surface area contributed by atoms with Gasteiger partial charge in [0.05, 0.1) is 24.3 Å². The number of hydrogen-bond donors (Lipinski definition) is 1. The molecule has 1 N–H and O–H groups in total. The van der Waals surface area contributed by atoms with Gasteiger partial charge in [-0.2, -0.15) is 4.31 Å². The Morgan fingerprint density at radius 3 is 2.65 bits per heavy atom. The van der Waals surface area contributed by atoms with Crippen LogP contribution in [0.3, 0.4) is 0 Å². The molecule has 128 valence electrons. The quantitative estimate of drug-likeness (QED) is 0.811. The standard InChI is InChI=1S/C13H17ClN2O5S2/c1-22(18,19)16(12-5-6-23(20,21)9-12)8-13(17)15-11-4-2-3-10(14)7-11/h2-4,7,12H,5-6,8-9H2,1H3,(H,15,17). The van der Waals surface area contributed by atoms with Crippen LogP contribution in [0.25, 0.3) is 0 Å². The highest BCUT2D eigenvalue weighted by molar-refractivity contribution is 7.92. The topological polar surface area (TPSA) is 101 Å². The lowest BCUT2D eigenvalue weighted by Gasteiger charge is -2.24. The van der Waals surface area contributed by atoms with Gasteiger partial charge in [0.25, 0.3) is 0 Å². The molecule has 1 heterocycles. The lowest BCUT2D eigenvalue weighted by Crippen LogP contribution is -2.44. The average Bonchev–Trinajstić information content (AvgIpc) is 2.74. The number of carbonyl (C=O) groups excluding carboxylic acids is 1. The molecule has 1 fully saturated rings. The third-order valence-electron chi connectivity index (χ3n) is 3.45. The van der Waals surface area contributed by atoms with Crippen LogP contribution >= 0.6 is 11.6 Å². The SMILES string of the molecule is CS(=O)(=O)N(CC(=O)Nc1cccc(Cl)c1)C1CCS(=O)(=O)C1. The summed E-state index contributed by atoms with van der Waals surface area (Å²) in [5, 5.41) is 2.99. The Kier molecular flexibility index (Phi) is 5.34. The monoisotopic (exact) mass is 380 g/mol. The predicted molar refractivity (Wildman–Crippen MR) is 88.7 cm³/mol. The van der Waals surface area contributed by atoms with Crippen molar-refractivity contribution in [3.05, 3.63) is 29.3 Å². The highest BCUT2D eigenvalue weighted by Crippen LogP contribution is 2.20. The molecule has 0 saturated carbocycles. The molecule has 0 aromatic heterocycles. The fraction of sp³-hybridized carbons (Fsp3) is 0.462. The van der Waals surface area contributed by atoms with Gasteiger partial charge in [0, 0.05) is 16.8 Å². The van der Waals surface area contributed by atoms with Gasteiger partial charge >= 0.3 is 0 Å². The van der Waals surface area contributed by atoms with Crippen molar-refractivity contribution in [2.75, 3.05) is 29.6 Å². The molecule has 1 unspecified atom stereocenters. The first-order valence-corrected chi connectivity index (χ1v) is 10.8. The summed E-state index contributed by atoms with van der Waals surface area (Å²) in [5.41, 5.74) is 0.440. The third-order valence-corrected chi connectivity index (χ3v) is 6.71. The van der Waals surface area contributed by atoms with Crippen LogP contribution in [0.15, 0.2) is 24.3 Å². The molecule has 1 amide bonds. The number of hydrogen-bond acceptors (Lipinski definition) is 5. The Morgan fingerprint density at radius 1 is 1.43 bits per heavy atom. The summed E-state index contributed by atoms with van der Waals surface area (Å²) in [7, 11) is -6.97. The van der Waals surface area contributed by atoms with Crippen molar-refractivity contribution in [2.24, 2.45) is 0 Å². The third kappa shape index (κ3) is 5.17. The maximum Gasteiger partial charge on any atom is 0.239 e. The van der Waals surface area contributed by atoms with Gasteiger partial charge in [0.1, 0.15) is 0 Å². The molecule has 0 bridgehead atoms. The summed E-state index contributed by atoms with van der Waals surface area (Å²) in [6.45, 7) is -0.439. The van der Waals surface area contributed by atoms with Crippen LogP contribution in [0.4, 0.5) is 5.69 Å². The fourth-order valence-corrected chi connectivity index (χ4v) is 5.52. The zero-order chi connectivity index (χ0) is 17.3. The van der Waals surface area contributed by atoms with Crippen LogP contribution in [0, 0.1) is 0 Å². The van der Waals surface area contributed by atoms with Crippen molar-refractivity contribution in [3.63, 3.8) is 0 Å². The minimum absolute atomic E-state index is 0.0698. The van der Waals surface area contributed by atoms with E-state index >= 15 is 0 Å². The number of sulfone groups is 1. The van der Waals surface area contributed by atoms with Crippen LogP contribution in [-0.4, -0.2) is 57.4 Å². The van der Waals surface area contributed by atoms with E-state index in [1.54, 1.807) is 18.2 Å². The van der Waals surface area contributed by atoms with E-state index in [4.69, 9.17) is 11.6 Å². The molecular weight excluding hydrogens is 364 g/mol. The number of nitrogens with zero attached hydrogens (tertiary/aromatic N) is 1. The lowest BCUT2D eigenvalue weighted by atomic mass is 10.2. The smallest absolute Gasteiger partial charge is 0.239 e. The number of amides is 1. The van der Waals surface area contributed by atoms with Crippen LogP contribution in [0.2, 0.25) is 5.02 Å². The first-order valence-electron chi connectivity index (χ1n) is 6.79. The second-order valence-electron chi connectivity index (χ2n) is 5.42. The summed E-state index contributed by atoms with van der Waals surface area (Å²) in [4.78, 5) is 12.1. The first-order chi connectivity index (χ1) is 10.6. The minimum atomic E-state index is -3.71. The molecule has 0 aliphatic carbocycles. The van der Waals surface area contributed by atoms with Gasteiger partial charge in [-0.3, -0.25) is 4.79 Å². The highest BCUT2D eigenvalue weighted by Gasteiger charge is 2.37. The van der Waals surface area contributed by atoms with Crippen LogP contribution in [0.5, 0.6) is 0 Å². The van der Waals surface area contributed by atoms with Gasteiger partial charge in [-0.25, -0.2) is 16.8 Å².